The molecule has 2 aromatic rings. The third-order valence-electron chi connectivity index (χ3n) is 3.92. The highest BCUT2D eigenvalue weighted by Crippen LogP contribution is 2.26. The van der Waals surface area contributed by atoms with E-state index in [9.17, 15) is 4.79 Å². The van der Waals surface area contributed by atoms with Gasteiger partial charge < -0.3 is 10.0 Å². The van der Waals surface area contributed by atoms with Gasteiger partial charge in [0.25, 0.3) is 0 Å². The SMILES string of the molecule is O=C(O)CC1CCCCN1c1ccc2ccccc2n1. The van der Waals surface area contributed by atoms with Crippen LogP contribution in [0.2, 0.25) is 0 Å². The molecular formula is C16H18N2O2. The Morgan fingerprint density at radius 3 is 2.95 bits per heavy atom. The minimum atomic E-state index is -0.734. The summed E-state index contributed by atoms with van der Waals surface area (Å²) >= 11 is 0. The van der Waals surface area contributed by atoms with E-state index in [0.717, 1.165) is 42.5 Å². The molecule has 0 radical (unpaired) electrons. The maximum atomic E-state index is 11.0. The number of hydrogen-bond donors (Lipinski definition) is 1. The Bertz CT molecular complexity index is 627. The first kappa shape index (κ1) is 12.9. The van der Waals surface area contributed by atoms with Gasteiger partial charge in [-0.25, -0.2) is 4.98 Å². The molecule has 1 aliphatic heterocycles. The van der Waals surface area contributed by atoms with E-state index in [1.165, 1.54) is 0 Å². The van der Waals surface area contributed by atoms with E-state index in [1.54, 1.807) is 0 Å². The highest BCUT2D eigenvalue weighted by molar-refractivity contribution is 5.80. The van der Waals surface area contributed by atoms with E-state index in [2.05, 4.69) is 16.0 Å². The molecule has 1 saturated heterocycles. The highest BCUT2D eigenvalue weighted by atomic mass is 16.4. The molecule has 1 aromatic carbocycles. The third kappa shape index (κ3) is 2.59. The normalized spacial score (nSPS) is 19.2. The Balaban J connectivity index is 1.92. The first-order chi connectivity index (χ1) is 9.74. The monoisotopic (exact) mass is 270 g/mol. The van der Waals surface area contributed by atoms with Crippen molar-refractivity contribution in [1.82, 2.24) is 4.98 Å². The molecule has 104 valence electrons. The summed E-state index contributed by atoms with van der Waals surface area (Å²) in [6.45, 7) is 0.892. The first-order valence-electron chi connectivity index (χ1n) is 7.08. The maximum absolute atomic E-state index is 11.0. The second kappa shape index (κ2) is 5.49. The highest BCUT2D eigenvalue weighted by Gasteiger charge is 2.25. The predicted octanol–water partition coefficient (Wildman–Crippen LogP) is 3.07. The van der Waals surface area contributed by atoms with Crippen molar-refractivity contribution in [2.75, 3.05) is 11.4 Å². The zero-order chi connectivity index (χ0) is 13.9. The van der Waals surface area contributed by atoms with Crippen LogP contribution in [0.25, 0.3) is 10.9 Å². The van der Waals surface area contributed by atoms with Crippen LogP contribution in [0.3, 0.4) is 0 Å². The fourth-order valence-electron chi connectivity index (χ4n) is 2.93. The fraction of sp³-hybridized carbons (Fsp3) is 0.375. The number of fused-ring (bicyclic) bond motifs is 1. The number of pyridine rings is 1. The predicted molar refractivity (Wildman–Crippen MR) is 79.0 cm³/mol. The number of benzene rings is 1. The molecule has 3 rings (SSSR count). The smallest absolute Gasteiger partial charge is 0.305 e. The summed E-state index contributed by atoms with van der Waals surface area (Å²) in [5, 5.41) is 10.2. The average Bonchev–Trinajstić information content (AvgIpc) is 2.47. The van der Waals surface area contributed by atoms with Gasteiger partial charge in [0.1, 0.15) is 5.82 Å². The quantitative estimate of drug-likeness (QED) is 0.931. The Kier molecular flexibility index (Phi) is 3.54. The molecule has 0 spiro atoms. The largest absolute Gasteiger partial charge is 0.481 e. The van der Waals surface area contributed by atoms with Crippen LogP contribution in [-0.2, 0) is 4.79 Å². The van der Waals surface area contributed by atoms with Crippen molar-refractivity contribution in [3.63, 3.8) is 0 Å². The van der Waals surface area contributed by atoms with Gasteiger partial charge in [-0.2, -0.15) is 0 Å². The van der Waals surface area contributed by atoms with Gasteiger partial charge in [0.15, 0.2) is 0 Å². The molecule has 1 aromatic heterocycles. The van der Waals surface area contributed by atoms with E-state index in [4.69, 9.17) is 5.11 Å². The molecule has 0 amide bonds. The molecule has 1 fully saturated rings. The van der Waals surface area contributed by atoms with Crippen molar-refractivity contribution in [3.8, 4) is 0 Å². The van der Waals surface area contributed by atoms with E-state index in [-0.39, 0.29) is 12.5 Å². The summed E-state index contributed by atoms with van der Waals surface area (Å²) in [4.78, 5) is 17.9. The van der Waals surface area contributed by atoms with Crippen LogP contribution >= 0.6 is 0 Å². The van der Waals surface area contributed by atoms with Crippen LogP contribution in [0, 0.1) is 0 Å². The summed E-state index contributed by atoms with van der Waals surface area (Å²) in [7, 11) is 0. The van der Waals surface area contributed by atoms with Crippen LogP contribution in [0.15, 0.2) is 36.4 Å². The Morgan fingerprint density at radius 2 is 2.10 bits per heavy atom. The number of aromatic nitrogens is 1. The number of hydrogen-bond acceptors (Lipinski definition) is 3. The molecular weight excluding hydrogens is 252 g/mol. The number of nitrogens with zero attached hydrogens (tertiary/aromatic N) is 2. The van der Waals surface area contributed by atoms with E-state index < -0.39 is 5.97 Å². The fourth-order valence-corrected chi connectivity index (χ4v) is 2.93. The van der Waals surface area contributed by atoms with Crippen molar-refractivity contribution in [2.45, 2.75) is 31.7 Å². The molecule has 4 heteroatoms. The van der Waals surface area contributed by atoms with Crippen LogP contribution < -0.4 is 4.90 Å². The van der Waals surface area contributed by atoms with Crippen LogP contribution in [-0.4, -0.2) is 28.6 Å². The van der Waals surface area contributed by atoms with E-state index in [1.807, 2.05) is 30.3 Å². The van der Waals surface area contributed by atoms with E-state index >= 15 is 0 Å². The molecule has 0 saturated carbocycles. The lowest BCUT2D eigenvalue weighted by molar-refractivity contribution is -0.137. The summed E-state index contributed by atoms with van der Waals surface area (Å²) in [6, 6.07) is 12.1. The van der Waals surface area contributed by atoms with Crippen molar-refractivity contribution >= 4 is 22.7 Å². The summed E-state index contributed by atoms with van der Waals surface area (Å²) in [5.74, 6) is 0.164. The molecule has 4 nitrogen and oxygen atoms in total. The summed E-state index contributed by atoms with van der Waals surface area (Å²) < 4.78 is 0. The molecule has 0 aliphatic carbocycles. The van der Waals surface area contributed by atoms with Crippen molar-refractivity contribution < 1.29 is 9.90 Å². The topological polar surface area (TPSA) is 53.4 Å². The van der Waals surface area contributed by atoms with Gasteiger partial charge in [0.05, 0.1) is 11.9 Å². The standard InChI is InChI=1S/C16H18N2O2/c19-16(20)11-13-6-3-4-10-18(13)15-9-8-12-5-1-2-7-14(12)17-15/h1-2,5,7-9,13H,3-4,6,10-11H2,(H,19,20). The second-order valence-corrected chi connectivity index (χ2v) is 5.30. The Morgan fingerprint density at radius 1 is 1.25 bits per heavy atom. The number of carboxylic acids is 1. The Labute approximate surface area is 118 Å². The second-order valence-electron chi connectivity index (χ2n) is 5.30. The number of carbonyl (C=O) groups is 1. The molecule has 20 heavy (non-hydrogen) atoms. The number of aliphatic carboxylic acids is 1. The summed E-state index contributed by atoms with van der Waals surface area (Å²) in [6.07, 6.45) is 3.32. The number of piperidine rings is 1. The number of para-hydroxylation sites is 1. The number of rotatable bonds is 3. The molecule has 1 aliphatic rings. The van der Waals surface area contributed by atoms with Gasteiger partial charge >= 0.3 is 5.97 Å². The van der Waals surface area contributed by atoms with Gasteiger partial charge in [-0.3, -0.25) is 4.79 Å². The van der Waals surface area contributed by atoms with Gasteiger partial charge in [0.2, 0.25) is 0 Å². The van der Waals surface area contributed by atoms with Gasteiger partial charge in [-0.15, -0.1) is 0 Å². The minimum absolute atomic E-state index is 0.0647. The van der Waals surface area contributed by atoms with E-state index in [0.29, 0.717) is 0 Å². The maximum Gasteiger partial charge on any atom is 0.305 e. The average molecular weight is 270 g/mol. The Hall–Kier alpha value is -2.10. The third-order valence-corrected chi connectivity index (χ3v) is 3.92. The lowest BCUT2D eigenvalue weighted by atomic mass is 9.99. The van der Waals surface area contributed by atoms with Gasteiger partial charge in [0, 0.05) is 18.0 Å². The van der Waals surface area contributed by atoms with Crippen LogP contribution in [0.5, 0.6) is 0 Å². The molecule has 1 atom stereocenters. The van der Waals surface area contributed by atoms with Gasteiger partial charge in [-0.1, -0.05) is 18.2 Å². The molecule has 2 heterocycles. The van der Waals surface area contributed by atoms with Crippen molar-refractivity contribution in [1.29, 1.82) is 0 Å². The molecule has 1 N–H and O–H groups in total. The number of anilines is 1. The molecule has 1 unspecified atom stereocenters. The summed E-state index contributed by atoms with van der Waals surface area (Å²) in [5.41, 5.74) is 0.963. The van der Waals surface area contributed by atoms with Gasteiger partial charge in [-0.05, 0) is 37.5 Å². The lowest BCUT2D eigenvalue weighted by Gasteiger charge is -2.36. The number of carboxylic acid groups (broad SMARTS) is 1. The van der Waals surface area contributed by atoms with Crippen molar-refractivity contribution in [3.05, 3.63) is 36.4 Å². The lowest BCUT2D eigenvalue weighted by Crippen LogP contribution is -2.41. The minimum Gasteiger partial charge on any atom is -0.481 e. The zero-order valence-corrected chi connectivity index (χ0v) is 11.3. The zero-order valence-electron chi connectivity index (χ0n) is 11.3. The van der Waals surface area contributed by atoms with Crippen LogP contribution in [0.4, 0.5) is 5.82 Å². The van der Waals surface area contributed by atoms with Crippen molar-refractivity contribution in [2.24, 2.45) is 0 Å². The van der Waals surface area contributed by atoms with Crippen LogP contribution in [0.1, 0.15) is 25.7 Å². The first-order valence-corrected chi connectivity index (χ1v) is 7.08. The molecule has 0 bridgehead atoms.